The number of anilines is 1. The van der Waals surface area contributed by atoms with Gasteiger partial charge in [-0.2, -0.15) is 0 Å². The largest absolute Gasteiger partial charge is 0.396 e. The summed E-state index contributed by atoms with van der Waals surface area (Å²) in [6.45, 7) is 0.910. The highest BCUT2D eigenvalue weighted by Gasteiger charge is 2.75. The van der Waals surface area contributed by atoms with Crippen LogP contribution in [0.25, 0.3) is 10.8 Å². The predicted molar refractivity (Wildman–Crippen MR) is 166 cm³/mol. The number of alkyl halides is 1. The first-order valence-corrected chi connectivity index (χ1v) is 16.1. The van der Waals surface area contributed by atoms with Gasteiger partial charge >= 0.3 is 0 Å². The van der Waals surface area contributed by atoms with Gasteiger partial charge < -0.3 is 20.6 Å². The first-order chi connectivity index (χ1) is 19.9. The molecule has 3 amide bonds. The number of benzene rings is 3. The summed E-state index contributed by atoms with van der Waals surface area (Å²) in [7, 11) is 0. The number of likely N-dealkylation sites (tertiary alicyclic amines) is 1. The van der Waals surface area contributed by atoms with E-state index < -0.39 is 22.6 Å². The lowest BCUT2D eigenvalue weighted by Crippen LogP contribution is -2.53. The van der Waals surface area contributed by atoms with Crippen LogP contribution in [-0.2, 0) is 20.9 Å². The molecule has 2 bridgehead atoms. The van der Waals surface area contributed by atoms with Gasteiger partial charge in [-0.05, 0) is 54.2 Å². The highest BCUT2D eigenvalue weighted by atomic mass is 79.9. The fourth-order valence-electron chi connectivity index (χ4n) is 6.92. The molecule has 7 nitrogen and oxygen atoms in total. The highest BCUT2D eigenvalue weighted by molar-refractivity contribution is 9.09. The van der Waals surface area contributed by atoms with Crippen molar-refractivity contribution < 1.29 is 19.5 Å². The quantitative estimate of drug-likeness (QED) is 0.221. The average Bonchev–Trinajstić information content (AvgIpc) is 3.57. The minimum absolute atomic E-state index is 0.0225. The van der Waals surface area contributed by atoms with Gasteiger partial charge in [0, 0.05) is 35.5 Å². The van der Waals surface area contributed by atoms with Crippen molar-refractivity contribution in [3.63, 3.8) is 0 Å². The number of hydrogen-bond donors (Lipinski definition) is 3. The number of aliphatic hydroxyl groups excluding tert-OH is 1. The molecule has 3 aliphatic rings. The van der Waals surface area contributed by atoms with Crippen molar-refractivity contribution in [1.82, 2.24) is 10.2 Å². The molecule has 3 aromatic carbocycles. The highest BCUT2D eigenvalue weighted by Crippen LogP contribution is 2.67. The van der Waals surface area contributed by atoms with Crippen LogP contribution in [0.4, 0.5) is 5.69 Å². The maximum atomic E-state index is 14.2. The van der Waals surface area contributed by atoms with Crippen LogP contribution in [0.15, 0.2) is 72.8 Å². The van der Waals surface area contributed by atoms with E-state index in [-0.39, 0.29) is 34.4 Å². The van der Waals surface area contributed by atoms with Crippen molar-refractivity contribution in [2.24, 2.45) is 11.8 Å². The molecule has 0 aliphatic carbocycles. The molecule has 1 spiro atoms. The predicted octanol–water partition coefficient (Wildman–Crippen LogP) is 4.72. The third-order valence-electron chi connectivity index (χ3n) is 8.72. The smallest absolute Gasteiger partial charge is 0.248 e. The molecule has 3 N–H and O–H groups in total. The number of carbonyl (C=O) groups excluding carboxylic acids is 3. The van der Waals surface area contributed by atoms with Crippen LogP contribution in [0.3, 0.4) is 0 Å². The fraction of sp³-hybridized carbons (Fsp3) is 0.406. The molecule has 9 heteroatoms. The number of fused-ring (bicyclic) bond motifs is 2. The lowest BCUT2D eigenvalue weighted by molar-refractivity contribution is -0.139. The zero-order chi connectivity index (χ0) is 28.6. The zero-order valence-corrected chi connectivity index (χ0v) is 25.1. The third-order valence-corrected chi connectivity index (χ3v) is 11.9. The van der Waals surface area contributed by atoms with Crippen LogP contribution < -0.4 is 10.6 Å². The summed E-state index contributed by atoms with van der Waals surface area (Å²) in [5.41, 5.74) is 1.68. The molecule has 3 unspecified atom stereocenters. The SMILES string of the molecule is O=C(Nc1ccc2ccccc2c1)C1N(CCCCCO)C(=O)[C@@H]2[C@H](C(=O)NCc3ccccc3)[C@H]3SC12CC3Br. The molecule has 0 radical (unpaired) electrons. The van der Waals surface area contributed by atoms with Gasteiger partial charge in [0.05, 0.1) is 16.6 Å². The Morgan fingerprint density at radius 2 is 1.73 bits per heavy atom. The second-order valence-electron chi connectivity index (χ2n) is 11.2. The molecule has 6 atom stereocenters. The fourth-order valence-corrected chi connectivity index (χ4v) is 10.5. The maximum Gasteiger partial charge on any atom is 0.248 e. The molecule has 3 fully saturated rings. The van der Waals surface area contributed by atoms with Gasteiger partial charge in [-0.25, -0.2) is 0 Å². The van der Waals surface area contributed by atoms with Gasteiger partial charge in [-0.1, -0.05) is 76.6 Å². The number of thioether (sulfide) groups is 1. The van der Waals surface area contributed by atoms with Crippen molar-refractivity contribution in [1.29, 1.82) is 0 Å². The van der Waals surface area contributed by atoms with E-state index in [1.165, 1.54) is 0 Å². The normalized spacial score (nSPS) is 28.2. The maximum absolute atomic E-state index is 14.2. The van der Waals surface area contributed by atoms with Crippen molar-refractivity contribution in [2.75, 3.05) is 18.5 Å². The van der Waals surface area contributed by atoms with E-state index in [4.69, 9.17) is 0 Å². The molecule has 41 heavy (non-hydrogen) atoms. The number of nitrogens with zero attached hydrogens (tertiary/aromatic N) is 1. The first-order valence-electron chi connectivity index (χ1n) is 14.3. The molecule has 3 heterocycles. The van der Waals surface area contributed by atoms with Crippen LogP contribution in [-0.4, -0.2) is 61.7 Å². The number of nitrogens with one attached hydrogen (secondary N) is 2. The minimum Gasteiger partial charge on any atom is -0.396 e. The molecule has 0 saturated carbocycles. The summed E-state index contributed by atoms with van der Waals surface area (Å²) in [6.07, 6.45) is 2.74. The lowest BCUT2D eigenvalue weighted by atomic mass is 9.70. The van der Waals surface area contributed by atoms with E-state index in [1.807, 2.05) is 72.8 Å². The summed E-state index contributed by atoms with van der Waals surface area (Å²) in [5, 5.41) is 17.5. The van der Waals surface area contributed by atoms with E-state index in [2.05, 4.69) is 26.6 Å². The van der Waals surface area contributed by atoms with E-state index in [9.17, 15) is 19.5 Å². The molecule has 0 aromatic heterocycles. The van der Waals surface area contributed by atoms with Crippen LogP contribution in [0, 0.1) is 11.8 Å². The summed E-state index contributed by atoms with van der Waals surface area (Å²) >= 11 is 5.47. The van der Waals surface area contributed by atoms with Crippen molar-refractivity contribution in [3.8, 4) is 0 Å². The Labute approximate surface area is 252 Å². The Bertz CT molecular complexity index is 1460. The topological polar surface area (TPSA) is 98.7 Å². The third kappa shape index (κ3) is 5.17. The van der Waals surface area contributed by atoms with Gasteiger partial charge in [0.25, 0.3) is 0 Å². The van der Waals surface area contributed by atoms with Crippen molar-refractivity contribution >= 4 is 61.9 Å². The summed E-state index contributed by atoms with van der Waals surface area (Å²) in [6, 6.07) is 22.9. The number of unbranched alkanes of at least 4 members (excludes halogenated alkanes) is 2. The van der Waals surface area contributed by atoms with Crippen LogP contribution in [0.5, 0.6) is 0 Å². The molecule has 3 saturated heterocycles. The Morgan fingerprint density at radius 3 is 2.51 bits per heavy atom. The second-order valence-corrected chi connectivity index (χ2v) is 14.0. The average molecular weight is 637 g/mol. The number of carbonyl (C=O) groups is 3. The Hall–Kier alpha value is -2.88. The summed E-state index contributed by atoms with van der Waals surface area (Å²) in [4.78, 5) is 43.7. The molecule has 6 rings (SSSR count). The molecule has 3 aromatic rings. The van der Waals surface area contributed by atoms with E-state index in [0.29, 0.717) is 38.0 Å². The number of aliphatic hydroxyl groups is 1. The summed E-state index contributed by atoms with van der Waals surface area (Å²) < 4.78 is -0.692. The number of rotatable bonds is 10. The summed E-state index contributed by atoms with van der Waals surface area (Å²) in [5.74, 6) is -1.54. The zero-order valence-electron chi connectivity index (χ0n) is 22.7. The molecule has 214 valence electrons. The first kappa shape index (κ1) is 28.2. The second kappa shape index (κ2) is 11.8. The van der Waals surface area contributed by atoms with Gasteiger partial charge in [0.15, 0.2) is 0 Å². The molecular weight excluding hydrogens is 602 g/mol. The minimum atomic E-state index is -0.692. The Balaban J connectivity index is 1.29. The van der Waals surface area contributed by atoms with Gasteiger partial charge in [-0.3, -0.25) is 14.4 Å². The lowest BCUT2D eigenvalue weighted by Gasteiger charge is -2.35. The van der Waals surface area contributed by atoms with Crippen molar-refractivity contribution in [3.05, 3.63) is 78.4 Å². The van der Waals surface area contributed by atoms with Gasteiger partial charge in [-0.15, -0.1) is 11.8 Å². The van der Waals surface area contributed by atoms with Gasteiger partial charge in [0.1, 0.15) is 6.04 Å². The van der Waals surface area contributed by atoms with Crippen LogP contribution >= 0.6 is 27.7 Å². The van der Waals surface area contributed by atoms with Crippen molar-refractivity contribution in [2.45, 2.75) is 53.1 Å². The number of halogens is 1. The number of hydrogen-bond acceptors (Lipinski definition) is 5. The molecule has 3 aliphatic heterocycles. The van der Waals surface area contributed by atoms with E-state index in [1.54, 1.807) is 16.7 Å². The van der Waals surface area contributed by atoms with Crippen LogP contribution in [0.2, 0.25) is 0 Å². The Morgan fingerprint density at radius 1 is 0.976 bits per heavy atom. The standard InChI is InChI=1S/C32H34BrN3O4S/c33-24-18-32-26(25(27(24)41-32)29(38)34-19-20-9-3-1-4-10-20)31(40)36(15-7-2-8-16-37)28(32)30(39)35-23-14-13-21-11-5-6-12-22(21)17-23/h1,3-6,9-14,17,24-28,37H,2,7-8,15-16,18-19H2,(H,34,38)(H,35,39)/t24?,25-,26-,27-,28?,32?/m0/s1. The van der Waals surface area contributed by atoms with E-state index >= 15 is 0 Å². The van der Waals surface area contributed by atoms with Gasteiger partial charge in [0.2, 0.25) is 17.7 Å². The number of amides is 3. The Kier molecular flexibility index (Phi) is 8.12. The monoisotopic (exact) mass is 635 g/mol. The van der Waals surface area contributed by atoms with Crippen LogP contribution in [0.1, 0.15) is 31.2 Å². The van der Waals surface area contributed by atoms with E-state index in [0.717, 1.165) is 22.8 Å². The molecular formula is C32H34BrN3O4S.